The van der Waals surface area contributed by atoms with E-state index < -0.39 is 12.2 Å². The van der Waals surface area contributed by atoms with Gasteiger partial charge in [0.2, 0.25) is 0 Å². The Hall–Kier alpha value is -4.16. The minimum absolute atomic E-state index is 0.0284. The lowest BCUT2D eigenvalue weighted by atomic mass is 9.91. The van der Waals surface area contributed by atoms with Crippen molar-refractivity contribution in [1.82, 2.24) is 35.1 Å². The molecule has 2 atom stereocenters. The number of nitrogens with one attached hydrogen (secondary N) is 3. The molecule has 12 heteroatoms. The Labute approximate surface area is 288 Å². The Bertz CT molecular complexity index is 1640. The first-order valence-electron chi connectivity index (χ1n) is 18.1. The number of benzene rings is 2. The van der Waals surface area contributed by atoms with Crippen LogP contribution >= 0.6 is 0 Å². The molecule has 0 bridgehead atoms. The molecule has 3 saturated heterocycles. The largest absolute Gasteiger partial charge is 0.435 e. The van der Waals surface area contributed by atoms with Crippen LogP contribution in [0.5, 0.6) is 0 Å². The van der Waals surface area contributed by atoms with E-state index in [1.54, 1.807) is 11.1 Å². The maximum Gasteiger partial charge on any atom is 0.410 e. The Balaban J connectivity index is 1.02. The lowest BCUT2D eigenvalue weighted by Crippen LogP contribution is -2.53. The third-order valence-corrected chi connectivity index (χ3v) is 11.2. The van der Waals surface area contributed by atoms with Crippen LogP contribution < -0.4 is 10.6 Å². The van der Waals surface area contributed by atoms with E-state index in [9.17, 15) is 14.4 Å². The van der Waals surface area contributed by atoms with Gasteiger partial charge in [-0.1, -0.05) is 31.2 Å². The van der Waals surface area contributed by atoms with E-state index in [0.717, 1.165) is 85.1 Å². The first-order valence-corrected chi connectivity index (χ1v) is 18.1. The molecule has 3 N–H and O–H groups in total. The molecule has 4 aliphatic rings. The van der Waals surface area contributed by atoms with Crippen molar-refractivity contribution in [2.75, 3.05) is 64.2 Å². The number of fused-ring (bicyclic) bond motifs is 2. The topological polar surface area (TPSA) is 126 Å². The first-order chi connectivity index (χ1) is 23.9. The predicted molar refractivity (Wildman–Crippen MR) is 189 cm³/mol. The minimum atomic E-state index is -0.956. The number of carbonyl (C=O) groups is 3. The number of rotatable bonds is 6. The highest BCUT2D eigenvalue weighted by Gasteiger charge is 2.39. The number of urea groups is 1. The summed E-state index contributed by atoms with van der Waals surface area (Å²) in [7, 11) is 0. The number of hydrogen-bond donors (Lipinski definition) is 3. The average Bonchev–Trinajstić information content (AvgIpc) is 3.34. The Kier molecular flexibility index (Phi) is 10.0. The number of amides is 4. The fourth-order valence-electron chi connectivity index (χ4n) is 8.21. The van der Waals surface area contributed by atoms with Crippen molar-refractivity contribution < 1.29 is 19.1 Å². The molecule has 0 spiro atoms. The number of nitrogens with zero attached hydrogens (tertiary/aromatic N) is 5. The maximum atomic E-state index is 14.3. The molecular formula is C37H50N8O4. The SMILES string of the molecule is Cc1cc([C@@H](C)C(OC(=O)N2CCC(N3CCc4ccccc4NC3=O)CC2)C(=O)N2CCC(N3CCCNCC3)CC2)cc2cn[nH]c12. The summed E-state index contributed by atoms with van der Waals surface area (Å²) in [5, 5.41) is 14.8. The number of carbonyl (C=O) groups excluding carboxylic acids is 3. The van der Waals surface area contributed by atoms with Crippen LogP contribution in [0, 0.1) is 6.92 Å². The predicted octanol–water partition coefficient (Wildman–Crippen LogP) is 4.32. The van der Waals surface area contributed by atoms with Crippen LogP contribution in [-0.4, -0.2) is 125 Å². The summed E-state index contributed by atoms with van der Waals surface area (Å²) < 4.78 is 6.24. The molecule has 0 radical (unpaired) electrons. The number of aromatic nitrogens is 2. The molecule has 1 aromatic heterocycles. The summed E-state index contributed by atoms with van der Waals surface area (Å²) in [6, 6.07) is 12.4. The van der Waals surface area contributed by atoms with Crippen LogP contribution in [0.15, 0.2) is 42.6 Å². The number of aryl methyl sites for hydroxylation is 1. The van der Waals surface area contributed by atoms with Gasteiger partial charge in [-0.15, -0.1) is 0 Å². The summed E-state index contributed by atoms with van der Waals surface area (Å²) in [5.41, 5.74) is 4.94. The van der Waals surface area contributed by atoms with Gasteiger partial charge in [0.05, 0.1) is 11.7 Å². The zero-order chi connectivity index (χ0) is 33.9. The van der Waals surface area contributed by atoms with Gasteiger partial charge < -0.3 is 30.1 Å². The highest BCUT2D eigenvalue weighted by atomic mass is 16.6. The molecule has 7 rings (SSSR count). The van der Waals surface area contributed by atoms with E-state index in [1.165, 1.54) is 0 Å². The van der Waals surface area contributed by atoms with E-state index >= 15 is 0 Å². The quantitative estimate of drug-likeness (QED) is 0.357. The molecule has 4 aliphatic heterocycles. The van der Waals surface area contributed by atoms with Crippen LogP contribution in [0.4, 0.5) is 15.3 Å². The van der Waals surface area contributed by atoms with Crippen molar-refractivity contribution >= 4 is 34.6 Å². The normalized spacial score (nSPS) is 21.4. The van der Waals surface area contributed by atoms with Crippen molar-refractivity contribution in [1.29, 1.82) is 0 Å². The molecule has 4 amide bonds. The standard InChI is InChI=1S/C37H50N8O4/c1-25-22-28(23-29-24-39-41-33(25)29)26(2)34(35(46)43-16-9-30(10-17-43)42-15-5-13-38-14-21-42)49-37(48)44-18-11-31(12-19-44)45-20-8-27-6-3-4-7-32(27)40-36(45)47/h3-4,6-7,22-24,26,30-31,34,38H,5,8-21H2,1-2H3,(H,39,41)(H,40,47)/t26-,34?/m1/s1. The van der Waals surface area contributed by atoms with Crippen LogP contribution in [0.2, 0.25) is 0 Å². The molecule has 262 valence electrons. The van der Waals surface area contributed by atoms with E-state index in [4.69, 9.17) is 4.74 Å². The van der Waals surface area contributed by atoms with Gasteiger partial charge in [0.1, 0.15) is 0 Å². The molecule has 12 nitrogen and oxygen atoms in total. The van der Waals surface area contributed by atoms with Crippen molar-refractivity contribution in [3.05, 3.63) is 59.3 Å². The lowest BCUT2D eigenvalue weighted by Gasteiger charge is -2.40. The van der Waals surface area contributed by atoms with E-state index in [-0.39, 0.29) is 23.9 Å². The third kappa shape index (κ3) is 7.26. The van der Waals surface area contributed by atoms with Gasteiger partial charge in [0, 0.05) is 74.9 Å². The maximum absolute atomic E-state index is 14.3. The molecule has 3 fully saturated rings. The number of H-pyrrole nitrogens is 1. The zero-order valence-electron chi connectivity index (χ0n) is 28.8. The number of anilines is 1. The summed E-state index contributed by atoms with van der Waals surface area (Å²) in [6.45, 7) is 11.1. The fraction of sp³-hybridized carbons (Fsp3) is 0.568. The van der Waals surface area contributed by atoms with Crippen molar-refractivity contribution in [2.24, 2.45) is 0 Å². The Morgan fingerprint density at radius 2 is 1.67 bits per heavy atom. The first kappa shape index (κ1) is 33.3. The lowest BCUT2D eigenvalue weighted by molar-refractivity contribution is -0.143. The molecular weight excluding hydrogens is 620 g/mol. The highest BCUT2D eigenvalue weighted by Crippen LogP contribution is 2.31. The number of para-hydroxylation sites is 1. The molecule has 49 heavy (non-hydrogen) atoms. The van der Waals surface area contributed by atoms with Gasteiger partial charge in [0.15, 0.2) is 6.10 Å². The number of ether oxygens (including phenoxy) is 1. The van der Waals surface area contributed by atoms with Crippen LogP contribution in [-0.2, 0) is 16.0 Å². The third-order valence-electron chi connectivity index (χ3n) is 11.2. The van der Waals surface area contributed by atoms with Crippen molar-refractivity contribution in [2.45, 2.75) is 76.5 Å². The van der Waals surface area contributed by atoms with Crippen LogP contribution in [0.25, 0.3) is 10.9 Å². The van der Waals surface area contributed by atoms with E-state index in [2.05, 4.69) is 37.9 Å². The average molecular weight is 671 g/mol. The van der Waals surface area contributed by atoms with Gasteiger partial charge in [0.25, 0.3) is 5.91 Å². The van der Waals surface area contributed by atoms with Gasteiger partial charge in [-0.25, -0.2) is 9.59 Å². The second kappa shape index (κ2) is 14.8. The monoisotopic (exact) mass is 670 g/mol. The zero-order valence-corrected chi connectivity index (χ0v) is 28.8. The number of hydrogen-bond acceptors (Lipinski definition) is 7. The molecule has 0 aliphatic carbocycles. The molecule has 3 aromatic rings. The molecule has 5 heterocycles. The summed E-state index contributed by atoms with van der Waals surface area (Å²) in [6.07, 6.45) is 5.45. The Morgan fingerprint density at radius 3 is 2.49 bits per heavy atom. The Morgan fingerprint density at radius 1 is 0.918 bits per heavy atom. The molecule has 1 unspecified atom stereocenters. The number of piperidine rings is 2. The molecule has 2 aromatic carbocycles. The summed E-state index contributed by atoms with van der Waals surface area (Å²) in [5.74, 6) is -0.485. The van der Waals surface area contributed by atoms with Gasteiger partial charge in [-0.3, -0.25) is 14.8 Å². The second-order valence-corrected chi connectivity index (χ2v) is 14.2. The smallest absolute Gasteiger partial charge is 0.410 e. The van der Waals surface area contributed by atoms with Crippen molar-refractivity contribution in [3.8, 4) is 0 Å². The van der Waals surface area contributed by atoms with Gasteiger partial charge >= 0.3 is 12.1 Å². The highest BCUT2D eigenvalue weighted by molar-refractivity contribution is 5.91. The minimum Gasteiger partial charge on any atom is -0.435 e. The van der Waals surface area contributed by atoms with Gasteiger partial charge in [-0.2, -0.15) is 5.10 Å². The fourth-order valence-corrected chi connectivity index (χ4v) is 8.21. The summed E-state index contributed by atoms with van der Waals surface area (Å²) in [4.78, 5) is 49.4. The number of likely N-dealkylation sites (tertiary alicyclic amines) is 2. The van der Waals surface area contributed by atoms with Crippen LogP contribution in [0.3, 0.4) is 0 Å². The van der Waals surface area contributed by atoms with E-state index in [0.29, 0.717) is 51.6 Å². The number of aromatic amines is 1. The van der Waals surface area contributed by atoms with Gasteiger partial charge in [-0.05, 0) is 87.4 Å². The van der Waals surface area contributed by atoms with E-state index in [1.807, 2.05) is 47.9 Å². The molecule has 0 saturated carbocycles. The second-order valence-electron chi connectivity index (χ2n) is 14.2. The summed E-state index contributed by atoms with van der Waals surface area (Å²) >= 11 is 0. The van der Waals surface area contributed by atoms with Crippen LogP contribution in [0.1, 0.15) is 61.6 Å². The van der Waals surface area contributed by atoms with Crippen molar-refractivity contribution in [3.63, 3.8) is 0 Å².